The number of aromatic nitrogens is 2. The van der Waals surface area contributed by atoms with E-state index < -0.39 is 7.14 Å². The second-order valence-corrected chi connectivity index (χ2v) is 11.3. The molecule has 0 spiro atoms. The number of aryl methyl sites for hydroxylation is 2. The van der Waals surface area contributed by atoms with E-state index in [0.717, 1.165) is 38.7 Å². The topological polar surface area (TPSA) is 52.1 Å². The average molecular weight is 668 g/mol. The number of rotatable bonds is 4. The van der Waals surface area contributed by atoms with Crippen molar-refractivity contribution in [1.29, 1.82) is 0 Å². The Labute approximate surface area is 225 Å². The maximum atomic E-state index is 14.8. The molecule has 3 aromatic carbocycles. The van der Waals surface area contributed by atoms with E-state index in [-0.39, 0.29) is 21.1 Å². The minimum Gasteiger partial charge on any atom is -0.460 e. The van der Waals surface area contributed by atoms with Crippen molar-refractivity contribution in [3.63, 3.8) is 0 Å². The van der Waals surface area contributed by atoms with Crippen LogP contribution in [0.5, 0.6) is 11.6 Å². The molecule has 4 nitrogen and oxygen atoms in total. The SMILES string of the molecule is Cc1ccnc(Oc2[c-]c(-c3[c-]c4c(cc3)-c3ccccc3P4(=O)c3cc(C)ccn3)ccc2)c1.[Pt+2]. The summed E-state index contributed by atoms with van der Waals surface area (Å²) in [6.07, 6.45) is 3.44. The third-order valence-corrected chi connectivity index (χ3v) is 9.10. The fourth-order valence-electron chi connectivity index (χ4n) is 4.47. The fraction of sp³-hybridized carbons (Fsp3) is 0.0667. The molecule has 1 aliphatic heterocycles. The van der Waals surface area contributed by atoms with E-state index in [1.165, 1.54) is 0 Å². The van der Waals surface area contributed by atoms with E-state index >= 15 is 0 Å². The zero-order valence-electron chi connectivity index (χ0n) is 19.6. The van der Waals surface area contributed by atoms with Gasteiger partial charge in [0.05, 0.1) is 0 Å². The van der Waals surface area contributed by atoms with Gasteiger partial charge < -0.3 is 9.30 Å². The monoisotopic (exact) mass is 667 g/mol. The summed E-state index contributed by atoms with van der Waals surface area (Å²) in [5.74, 6) is 1.07. The standard InChI is InChI=1S/C30H21N2O2P.Pt/c1-20-12-14-31-29(16-20)34-24-7-5-6-22(18-24)23-10-11-26-25-8-3-4-9-27(25)35(33,28(26)19-23)30-17-21(2)13-15-32-30;/h3-17H,1-2H3;/q-2;+2. The second-order valence-electron chi connectivity index (χ2n) is 8.65. The zero-order valence-corrected chi connectivity index (χ0v) is 22.8. The molecule has 0 radical (unpaired) electrons. The van der Waals surface area contributed by atoms with Gasteiger partial charge in [-0.3, -0.25) is 4.98 Å². The van der Waals surface area contributed by atoms with Crippen molar-refractivity contribution in [2.24, 2.45) is 0 Å². The van der Waals surface area contributed by atoms with Crippen LogP contribution >= 0.6 is 7.14 Å². The maximum Gasteiger partial charge on any atom is 2.00 e. The Morgan fingerprint density at radius 3 is 2.31 bits per heavy atom. The van der Waals surface area contributed by atoms with Crippen molar-refractivity contribution in [2.45, 2.75) is 13.8 Å². The Hall–Kier alpha value is -3.32. The number of benzene rings is 3. The van der Waals surface area contributed by atoms with Gasteiger partial charge in [0.25, 0.3) is 0 Å². The molecular formula is C30H21N2O2PPt. The molecule has 0 saturated carbocycles. The zero-order chi connectivity index (χ0) is 24.0. The van der Waals surface area contributed by atoms with Crippen molar-refractivity contribution in [3.05, 3.63) is 115 Å². The molecule has 5 aromatic rings. The predicted molar refractivity (Wildman–Crippen MR) is 140 cm³/mol. The molecule has 0 aliphatic carbocycles. The van der Waals surface area contributed by atoms with Crippen molar-refractivity contribution in [1.82, 2.24) is 9.97 Å². The van der Waals surface area contributed by atoms with Crippen LogP contribution in [0.3, 0.4) is 0 Å². The molecular weight excluding hydrogens is 646 g/mol. The summed E-state index contributed by atoms with van der Waals surface area (Å²) >= 11 is 0. The summed E-state index contributed by atoms with van der Waals surface area (Å²) in [5.41, 5.74) is 6.19. The molecule has 36 heavy (non-hydrogen) atoms. The second kappa shape index (κ2) is 9.62. The maximum absolute atomic E-state index is 14.8. The summed E-state index contributed by atoms with van der Waals surface area (Å²) in [5, 5.41) is 1.50. The molecule has 1 atom stereocenters. The van der Waals surface area contributed by atoms with E-state index in [1.54, 1.807) is 12.4 Å². The van der Waals surface area contributed by atoms with Gasteiger partial charge in [0.2, 0.25) is 5.88 Å². The molecule has 0 fully saturated rings. The number of ether oxygens (including phenoxy) is 1. The van der Waals surface area contributed by atoms with Gasteiger partial charge in [-0.25, -0.2) is 16.1 Å². The molecule has 2 aromatic heterocycles. The molecule has 6 rings (SSSR count). The van der Waals surface area contributed by atoms with E-state index in [2.05, 4.69) is 22.1 Å². The molecule has 0 bridgehead atoms. The van der Waals surface area contributed by atoms with Gasteiger partial charge in [0, 0.05) is 29.5 Å². The number of hydrogen-bond donors (Lipinski definition) is 0. The molecule has 1 aliphatic rings. The molecule has 0 saturated heterocycles. The Balaban J connectivity index is 0.00000267. The Bertz CT molecular complexity index is 1650. The predicted octanol–water partition coefficient (Wildman–Crippen LogP) is 5.77. The summed E-state index contributed by atoms with van der Waals surface area (Å²) < 4.78 is 20.7. The van der Waals surface area contributed by atoms with Crippen LogP contribution in [0.2, 0.25) is 0 Å². The normalized spacial score (nSPS) is 15.5. The number of pyridine rings is 2. The Kier molecular flexibility index (Phi) is 6.51. The Morgan fingerprint density at radius 1 is 0.750 bits per heavy atom. The molecule has 0 N–H and O–H groups in total. The number of fused-ring (bicyclic) bond motifs is 3. The van der Waals surface area contributed by atoms with Crippen LogP contribution < -0.4 is 20.8 Å². The van der Waals surface area contributed by atoms with Crippen molar-refractivity contribution >= 4 is 23.2 Å². The van der Waals surface area contributed by atoms with Crippen LogP contribution in [0.25, 0.3) is 22.3 Å². The van der Waals surface area contributed by atoms with E-state index in [9.17, 15) is 4.57 Å². The summed E-state index contributed by atoms with van der Waals surface area (Å²) in [7, 11) is -3.17. The first-order valence-electron chi connectivity index (χ1n) is 11.4. The first-order valence-corrected chi connectivity index (χ1v) is 13.1. The van der Waals surface area contributed by atoms with Crippen molar-refractivity contribution in [3.8, 4) is 33.9 Å². The van der Waals surface area contributed by atoms with Crippen LogP contribution in [0, 0.1) is 26.0 Å². The minimum absolute atomic E-state index is 0. The van der Waals surface area contributed by atoms with Gasteiger partial charge in [-0.15, -0.1) is 18.2 Å². The summed E-state index contributed by atoms with van der Waals surface area (Å²) in [6.45, 7) is 3.98. The molecule has 178 valence electrons. The first kappa shape index (κ1) is 24.4. The van der Waals surface area contributed by atoms with Gasteiger partial charge in [0.1, 0.15) is 5.44 Å². The van der Waals surface area contributed by atoms with Crippen LogP contribution in [0.1, 0.15) is 11.1 Å². The number of hydrogen-bond acceptors (Lipinski definition) is 4. The summed E-state index contributed by atoms with van der Waals surface area (Å²) in [4.78, 5) is 8.82. The first-order chi connectivity index (χ1) is 17.0. The van der Waals surface area contributed by atoms with E-state index in [0.29, 0.717) is 22.4 Å². The van der Waals surface area contributed by atoms with Gasteiger partial charge in [-0.2, -0.15) is 24.3 Å². The summed E-state index contributed by atoms with van der Waals surface area (Å²) in [6, 6.07) is 32.1. The Morgan fingerprint density at radius 2 is 1.50 bits per heavy atom. The average Bonchev–Trinajstić information content (AvgIpc) is 3.13. The smallest absolute Gasteiger partial charge is 0.460 e. The third kappa shape index (κ3) is 4.15. The van der Waals surface area contributed by atoms with Gasteiger partial charge in [-0.1, -0.05) is 35.1 Å². The van der Waals surface area contributed by atoms with Gasteiger partial charge in [-0.05, 0) is 48.7 Å². The molecule has 0 amide bonds. The molecule has 6 heteroatoms. The van der Waals surface area contributed by atoms with Crippen LogP contribution in [0.4, 0.5) is 0 Å². The van der Waals surface area contributed by atoms with E-state index in [1.807, 2.05) is 92.7 Å². The minimum atomic E-state index is -3.17. The van der Waals surface area contributed by atoms with Crippen LogP contribution in [0.15, 0.2) is 91.3 Å². The fourth-order valence-corrected chi connectivity index (χ4v) is 7.45. The largest absolute Gasteiger partial charge is 2.00 e. The van der Waals surface area contributed by atoms with Crippen molar-refractivity contribution in [2.75, 3.05) is 0 Å². The van der Waals surface area contributed by atoms with Crippen molar-refractivity contribution < 1.29 is 30.4 Å². The number of nitrogens with zero attached hydrogens (tertiary/aromatic N) is 2. The molecule has 1 unspecified atom stereocenters. The van der Waals surface area contributed by atoms with Crippen LogP contribution in [-0.4, -0.2) is 9.97 Å². The molecule has 3 heterocycles. The van der Waals surface area contributed by atoms with E-state index in [4.69, 9.17) is 4.74 Å². The quantitative estimate of drug-likeness (QED) is 0.177. The van der Waals surface area contributed by atoms with Gasteiger partial charge in [0.15, 0.2) is 7.14 Å². The third-order valence-electron chi connectivity index (χ3n) is 6.16. The van der Waals surface area contributed by atoms with Crippen LogP contribution in [-0.2, 0) is 25.6 Å². The van der Waals surface area contributed by atoms with Gasteiger partial charge >= 0.3 is 21.1 Å².